The lowest BCUT2D eigenvalue weighted by Gasteiger charge is -2.23. The fraction of sp³-hybridized carbons (Fsp3) is 0.615. The van der Waals surface area contributed by atoms with Gasteiger partial charge in [0.15, 0.2) is 5.75 Å². The second-order valence-corrected chi connectivity index (χ2v) is 6.19. The highest BCUT2D eigenvalue weighted by Crippen LogP contribution is 2.28. The van der Waals surface area contributed by atoms with Gasteiger partial charge in [-0.05, 0) is 42.1 Å². The highest BCUT2D eigenvalue weighted by Gasteiger charge is 2.17. The van der Waals surface area contributed by atoms with E-state index in [1.165, 1.54) is 0 Å². The molecule has 0 saturated heterocycles. The van der Waals surface area contributed by atoms with Gasteiger partial charge >= 0.3 is 0 Å². The largest absolute Gasteiger partial charge is 0.491 e. The molecule has 4 nitrogen and oxygen atoms in total. The molecule has 5 heteroatoms. The molecule has 0 saturated carbocycles. The molecule has 0 fully saturated rings. The van der Waals surface area contributed by atoms with Crippen molar-refractivity contribution < 1.29 is 9.47 Å². The van der Waals surface area contributed by atoms with Crippen LogP contribution in [0.4, 0.5) is 0 Å². The van der Waals surface area contributed by atoms with Crippen molar-refractivity contribution in [1.29, 1.82) is 0 Å². The van der Waals surface area contributed by atoms with Crippen LogP contribution in [0.25, 0.3) is 0 Å². The second kappa shape index (κ2) is 6.38. The SMILES string of the molecule is COc1cc(Br)cnc1OC[C@@H](C)CC(C)(C)N. The van der Waals surface area contributed by atoms with E-state index in [1.807, 2.05) is 19.9 Å². The lowest BCUT2D eigenvalue weighted by molar-refractivity contribution is 0.214. The number of halogens is 1. The molecule has 0 aliphatic carbocycles. The Balaban J connectivity index is 2.58. The Morgan fingerprint density at radius 1 is 1.50 bits per heavy atom. The van der Waals surface area contributed by atoms with Gasteiger partial charge in [0.1, 0.15) is 0 Å². The predicted octanol–water partition coefficient (Wildman–Crippen LogP) is 3.00. The van der Waals surface area contributed by atoms with Crippen LogP contribution in [0.2, 0.25) is 0 Å². The summed E-state index contributed by atoms with van der Waals surface area (Å²) >= 11 is 3.34. The standard InChI is InChI=1S/C13H21BrN2O2/c1-9(6-13(2,3)15)8-18-12-11(17-4)5-10(14)7-16-12/h5,7,9H,6,8,15H2,1-4H3/t9-/m0/s1. The Morgan fingerprint density at radius 2 is 2.17 bits per heavy atom. The lowest BCUT2D eigenvalue weighted by Crippen LogP contribution is -2.35. The maximum Gasteiger partial charge on any atom is 0.257 e. The molecule has 0 amide bonds. The van der Waals surface area contributed by atoms with Gasteiger partial charge in [-0.15, -0.1) is 0 Å². The van der Waals surface area contributed by atoms with E-state index in [0.29, 0.717) is 24.2 Å². The summed E-state index contributed by atoms with van der Waals surface area (Å²) in [4.78, 5) is 4.19. The van der Waals surface area contributed by atoms with E-state index in [0.717, 1.165) is 10.9 Å². The molecule has 0 aliphatic heterocycles. The highest BCUT2D eigenvalue weighted by atomic mass is 79.9. The average Bonchev–Trinajstić information content (AvgIpc) is 2.24. The zero-order valence-electron chi connectivity index (χ0n) is 11.4. The molecule has 1 aromatic heterocycles. The third-order valence-electron chi connectivity index (χ3n) is 2.38. The van der Waals surface area contributed by atoms with E-state index < -0.39 is 0 Å². The maximum atomic E-state index is 5.98. The highest BCUT2D eigenvalue weighted by molar-refractivity contribution is 9.10. The van der Waals surface area contributed by atoms with Gasteiger partial charge in [-0.2, -0.15) is 0 Å². The van der Waals surface area contributed by atoms with Crippen LogP contribution in [0.15, 0.2) is 16.7 Å². The van der Waals surface area contributed by atoms with Crippen molar-refractivity contribution in [3.05, 3.63) is 16.7 Å². The Labute approximate surface area is 117 Å². The Morgan fingerprint density at radius 3 is 2.72 bits per heavy atom. The monoisotopic (exact) mass is 316 g/mol. The van der Waals surface area contributed by atoms with Gasteiger partial charge in [-0.1, -0.05) is 6.92 Å². The molecule has 0 radical (unpaired) electrons. The average molecular weight is 317 g/mol. The van der Waals surface area contributed by atoms with E-state index in [4.69, 9.17) is 15.2 Å². The van der Waals surface area contributed by atoms with Crippen molar-refractivity contribution in [2.45, 2.75) is 32.7 Å². The summed E-state index contributed by atoms with van der Waals surface area (Å²) in [7, 11) is 1.60. The smallest absolute Gasteiger partial charge is 0.257 e. The summed E-state index contributed by atoms with van der Waals surface area (Å²) in [6.45, 7) is 6.72. The minimum Gasteiger partial charge on any atom is -0.491 e. The molecule has 1 heterocycles. The van der Waals surface area contributed by atoms with Crippen LogP contribution in [0.3, 0.4) is 0 Å². The number of pyridine rings is 1. The summed E-state index contributed by atoms with van der Waals surface area (Å²) in [5.74, 6) is 1.51. The van der Waals surface area contributed by atoms with Gasteiger partial charge < -0.3 is 15.2 Å². The molecular formula is C13H21BrN2O2. The van der Waals surface area contributed by atoms with E-state index in [2.05, 4.69) is 27.8 Å². The third-order valence-corrected chi connectivity index (χ3v) is 2.82. The Hall–Kier alpha value is -0.810. The first-order valence-corrected chi connectivity index (χ1v) is 6.72. The fourth-order valence-corrected chi connectivity index (χ4v) is 2.15. The van der Waals surface area contributed by atoms with Crippen LogP contribution in [-0.4, -0.2) is 24.2 Å². The number of rotatable bonds is 6. The number of hydrogen-bond acceptors (Lipinski definition) is 4. The molecule has 1 aromatic rings. The number of hydrogen-bond donors (Lipinski definition) is 1. The molecule has 0 aliphatic rings. The minimum atomic E-state index is -0.181. The molecule has 102 valence electrons. The van der Waals surface area contributed by atoms with Crippen LogP contribution >= 0.6 is 15.9 Å². The molecule has 0 spiro atoms. The lowest BCUT2D eigenvalue weighted by atomic mass is 9.93. The van der Waals surface area contributed by atoms with Crippen LogP contribution in [0, 0.1) is 5.92 Å². The molecule has 1 rings (SSSR count). The number of ether oxygens (including phenoxy) is 2. The molecule has 2 N–H and O–H groups in total. The van der Waals surface area contributed by atoms with Crippen LogP contribution < -0.4 is 15.2 Å². The number of methoxy groups -OCH3 is 1. The number of nitrogens with zero attached hydrogens (tertiary/aromatic N) is 1. The van der Waals surface area contributed by atoms with Crippen LogP contribution in [0.5, 0.6) is 11.6 Å². The van der Waals surface area contributed by atoms with Crippen molar-refractivity contribution >= 4 is 15.9 Å². The van der Waals surface area contributed by atoms with Gasteiger partial charge in [-0.25, -0.2) is 4.98 Å². The summed E-state index contributed by atoms with van der Waals surface area (Å²) in [6.07, 6.45) is 2.58. The molecule has 0 bridgehead atoms. The minimum absolute atomic E-state index is 0.181. The van der Waals surface area contributed by atoms with Crippen LogP contribution in [-0.2, 0) is 0 Å². The van der Waals surface area contributed by atoms with Crippen molar-refractivity contribution in [3.8, 4) is 11.6 Å². The second-order valence-electron chi connectivity index (χ2n) is 5.27. The summed E-state index contributed by atoms with van der Waals surface area (Å²) in [6, 6.07) is 1.83. The number of aromatic nitrogens is 1. The topological polar surface area (TPSA) is 57.4 Å². The van der Waals surface area contributed by atoms with E-state index >= 15 is 0 Å². The molecule has 0 aromatic carbocycles. The number of nitrogens with two attached hydrogens (primary N) is 1. The van der Waals surface area contributed by atoms with Gasteiger partial charge in [0.05, 0.1) is 13.7 Å². The quantitative estimate of drug-likeness (QED) is 0.876. The van der Waals surface area contributed by atoms with Crippen molar-refractivity contribution in [1.82, 2.24) is 4.98 Å². The van der Waals surface area contributed by atoms with Crippen molar-refractivity contribution in [2.75, 3.05) is 13.7 Å². The Bertz CT molecular complexity index is 391. The summed E-state index contributed by atoms with van der Waals surface area (Å²) < 4.78 is 11.8. The molecular weight excluding hydrogens is 296 g/mol. The first-order chi connectivity index (χ1) is 8.31. The molecule has 0 unspecified atom stereocenters. The Kier molecular flexibility index (Phi) is 5.41. The first kappa shape index (κ1) is 15.2. The van der Waals surface area contributed by atoms with Crippen molar-refractivity contribution in [2.24, 2.45) is 11.7 Å². The zero-order chi connectivity index (χ0) is 13.8. The zero-order valence-corrected chi connectivity index (χ0v) is 13.0. The van der Waals surface area contributed by atoms with E-state index in [9.17, 15) is 0 Å². The van der Waals surface area contributed by atoms with Crippen molar-refractivity contribution in [3.63, 3.8) is 0 Å². The normalized spacial score (nSPS) is 13.2. The summed E-state index contributed by atoms with van der Waals surface area (Å²) in [5.41, 5.74) is 5.80. The predicted molar refractivity (Wildman–Crippen MR) is 76.0 cm³/mol. The van der Waals surface area contributed by atoms with E-state index in [1.54, 1.807) is 13.3 Å². The van der Waals surface area contributed by atoms with Gasteiger partial charge in [0, 0.05) is 22.3 Å². The fourth-order valence-electron chi connectivity index (χ4n) is 1.84. The first-order valence-electron chi connectivity index (χ1n) is 5.93. The molecule has 18 heavy (non-hydrogen) atoms. The summed E-state index contributed by atoms with van der Waals surface area (Å²) in [5, 5.41) is 0. The van der Waals surface area contributed by atoms with E-state index in [-0.39, 0.29) is 5.54 Å². The van der Waals surface area contributed by atoms with Gasteiger partial charge in [-0.3, -0.25) is 0 Å². The van der Waals surface area contributed by atoms with Gasteiger partial charge in [0.25, 0.3) is 5.88 Å². The van der Waals surface area contributed by atoms with Crippen LogP contribution in [0.1, 0.15) is 27.2 Å². The molecule has 1 atom stereocenters. The maximum absolute atomic E-state index is 5.98. The van der Waals surface area contributed by atoms with Gasteiger partial charge in [0.2, 0.25) is 0 Å². The third kappa shape index (κ3) is 5.23.